The highest BCUT2D eigenvalue weighted by atomic mass is 16.3. The smallest absolute Gasteiger partial charge is 0.191 e. The van der Waals surface area contributed by atoms with Gasteiger partial charge in [-0.2, -0.15) is 0 Å². The number of aliphatic hydroxyl groups excluding tert-OH is 1. The van der Waals surface area contributed by atoms with Crippen molar-refractivity contribution in [3.8, 4) is 0 Å². The number of aliphatic hydroxyl groups is 1. The third-order valence-corrected chi connectivity index (χ3v) is 3.49. The van der Waals surface area contributed by atoms with Crippen LogP contribution in [0.25, 0.3) is 0 Å². The van der Waals surface area contributed by atoms with E-state index < -0.39 is 0 Å². The number of rotatable bonds is 5. The molecule has 106 valence electrons. The molecule has 3 atom stereocenters. The zero-order chi connectivity index (χ0) is 13.4. The van der Waals surface area contributed by atoms with Crippen LogP contribution in [0, 0.1) is 11.8 Å². The number of aliphatic imine (C=N–C) groups is 1. The highest BCUT2D eigenvalue weighted by Gasteiger charge is 2.19. The topological polar surface area (TPSA) is 56.7 Å². The summed E-state index contributed by atoms with van der Waals surface area (Å²) in [7, 11) is 0. The highest BCUT2D eigenvalue weighted by molar-refractivity contribution is 5.80. The molecule has 3 N–H and O–H groups in total. The van der Waals surface area contributed by atoms with Crippen molar-refractivity contribution in [2.24, 2.45) is 16.8 Å². The average molecular weight is 255 g/mol. The molecule has 1 fully saturated rings. The molecule has 4 heteroatoms. The quantitative estimate of drug-likeness (QED) is 0.518. The summed E-state index contributed by atoms with van der Waals surface area (Å²) in [6.07, 6.45) is 5.14. The highest BCUT2D eigenvalue weighted by Crippen LogP contribution is 2.23. The fourth-order valence-corrected chi connectivity index (χ4v) is 2.38. The molecular formula is C14H29N3O. The maximum atomic E-state index is 9.02. The van der Waals surface area contributed by atoms with Gasteiger partial charge in [0.1, 0.15) is 0 Å². The zero-order valence-electron chi connectivity index (χ0n) is 12.1. The van der Waals surface area contributed by atoms with Crippen LogP contribution in [-0.4, -0.2) is 36.8 Å². The first-order chi connectivity index (χ1) is 8.65. The fraction of sp³-hybridized carbons (Fsp3) is 0.929. The molecule has 0 saturated heterocycles. The summed E-state index contributed by atoms with van der Waals surface area (Å²) in [5, 5.41) is 15.8. The molecule has 0 bridgehead atoms. The standard InChI is InChI=1S/C14H29N3O/c1-4-15-14(16-9-12(3)10-18)17-13-7-5-6-11(2)8-13/h11-13,18H,4-10H2,1-3H3,(H2,15,16,17). The molecule has 0 aromatic rings. The number of nitrogens with one attached hydrogen (secondary N) is 2. The minimum absolute atomic E-state index is 0.198. The molecule has 1 rings (SSSR count). The van der Waals surface area contributed by atoms with Gasteiger partial charge in [-0.25, -0.2) is 0 Å². The van der Waals surface area contributed by atoms with Crippen molar-refractivity contribution in [2.45, 2.75) is 52.5 Å². The summed E-state index contributed by atoms with van der Waals surface area (Å²) in [4.78, 5) is 4.54. The van der Waals surface area contributed by atoms with E-state index in [0.29, 0.717) is 12.6 Å². The van der Waals surface area contributed by atoms with Crippen molar-refractivity contribution in [3.63, 3.8) is 0 Å². The van der Waals surface area contributed by atoms with Gasteiger partial charge in [-0.3, -0.25) is 4.99 Å². The molecule has 0 aliphatic heterocycles. The largest absolute Gasteiger partial charge is 0.396 e. The van der Waals surface area contributed by atoms with Crippen LogP contribution in [0.4, 0.5) is 0 Å². The van der Waals surface area contributed by atoms with E-state index in [4.69, 9.17) is 5.11 Å². The third-order valence-electron chi connectivity index (χ3n) is 3.49. The summed E-state index contributed by atoms with van der Waals surface area (Å²) >= 11 is 0. The second-order valence-electron chi connectivity index (χ2n) is 5.62. The Morgan fingerprint density at radius 1 is 1.44 bits per heavy atom. The molecule has 0 heterocycles. The van der Waals surface area contributed by atoms with E-state index >= 15 is 0 Å². The van der Waals surface area contributed by atoms with Crippen LogP contribution in [0.1, 0.15) is 46.5 Å². The van der Waals surface area contributed by atoms with Gasteiger partial charge in [-0.05, 0) is 31.6 Å². The van der Waals surface area contributed by atoms with Crippen LogP contribution in [0.3, 0.4) is 0 Å². The molecule has 0 aromatic heterocycles. The summed E-state index contributed by atoms with van der Waals surface area (Å²) in [6.45, 7) is 8.16. The first kappa shape index (κ1) is 15.3. The first-order valence-electron chi connectivity index (χ1n) is 7.31. The molecule has 4 nitrogen and oxygen atoms in total. The van der Waals surface area contributed by atoms with E-state index in [1.54, 1.807) is 0 Å². The van der Waals surface area contributed by atoms with Gasteiger partial charge in [-0.1, -0.05) is 26.7 Å². The third kappa shape index (κ3) is 5.71. The maximum Gasteiger partial charge on any atom is 0.191 e. The Bertz CT molecular complexity index is 255. The minimum atomic E-state index is 0.198. The molecule has 3 unspecified atom stereocenters. The van der Waals surface area contributed by atoms with Crippen LogP contribution >= 0.6 is 0 Å². The molecule has 18 heavy (non-hydrogen) atoms. The van der Waals surface area contributed by atoms with Crippen LogP contribution in [-0.2, 0) is 0 Å². The lowest BCUT2D eigenvalue weighted by Crippen LogP contribution is -2.45. The number of guanidine groups is 1. The first-order valence-corrected chi connectivity index (χ1v) is 7.31. The van der Waals surface area contributed by atoms with E-state index in [-0.39, 0.29) is 12.5 Å². The normalized spacial score (nSPS) is 26.8. The summed E-state index contributed by atoms with van der Waals surface area (Å²) < 4.78 is 0. The molecule has 0 spiro atoms. The van der Waals surface area contributed by atoms with Gasteiger partial charge in [0.05, 0.1) is 0 Å². The fourth-order valence-electron chi connectivity index (χ4n) is 2.38. The Hall–Kier alpha value is -0.770. The molecule has 1 aliphatic carbocycles. The van der Waals surface area contributed by atoms with E-state index in [0.717, 1.165) is 18.4 Å². The lowest BCUT2D eigenvalue weighted by atomic mass is 9.87. The van der Waals surface area contributed by atoms with E-state index in [1.165, 1.54) is 25.7 Å². The van der Waals surface area contributed by atoms with Crippen molar-refractivity contribution >= 4 is 5.96 Å². The lowest BCUT2D eigenvalue weighted by molar-refractivity contribution is 0.241. The van der Waals surface area contributed by atoms with Gasteiger partial charge in [0.2, 0.25) is 0 Å². The SMILES string of the molecule is CCNC(=NCC(C)CO)NC1CCCC(C)C1. The van der Waals surface area contributed by atoms with E-state index in [9.17, 15) is 0 Å². The average Bonchev–Trinajstić information content (AvgIpc) is 2.36. The van der Waals surface area contributed by atoms with Gasteiger partial charge in [0, 0.05) is 25.7 Å². The van der Waals surface area contributed by atoms with E-state index in [2.05, 4.69) is 29.5 Å². The monoisotopic (exact) mass is 255 g/mol. The van der Waals surface area contributed by atoms with Crippen molar-refractivity contribution in [1.82, 2.24) is 10.6 Å². The Morgan fingerprint density at radius 2 is 2.22 bits per heavy atom. The van der Waals surface area contributed by atoms with Gasteiger partial charge < -0.3 is 15.7 Å². The zero-order valence-corrected chi connectivity index (χ0v) is 12.1. The maximum absolute atomic E-state index is 9.02. The Balaban J connectivity index is 2.45. The van der Waals surface area contributed by atoms with Gasteiger partial charge in [0.15, 0.2) is 5.96 Å². The van der Waals surface area contributed by atoms with Crippen molar-refractivity contribution < 1.29 is 5.11 Å². The Kier molecular flexibility index (Phi) is 7.09. The Morgan fingerprint density at radius 3 is 2.83 bits per heavy atom. The molecular weight excluding hydrogens is 226 g/mol. The minimum Gasteiger partial charge on any atom is -0.396 e. The molecule has 0 radical (unpaired) electrons. The summed E-state index contributed by atoms with van der Waals surface area (Å²) in [6, 6.07) is 0.552. The van der Waals surface area contributed by atoms with Crippen molar-refractivity contribution in [2.75, 3.05) is 19.7 Å². The van der Waals surface area contributed by atoms with Crippen LogP contribution in [0.5, 0.6) is 0 Å². The Labute approximate surface area is 111 Å². The number of hydrogen-bond donors (Lipinski definition) is 3. The summed E-state index contributed by atoms with van der Waals surface area (Å²) in [5.74, 6) is 1.94. The predicted octanol–water partition coefficient (Wildman–Crippen LogP) is 1.75. The second kappa shape index (κ2) is 8.35. The van der Waals surface area contributed by atoms with E-state index in [1.807, 2.05) is 6.92 Å². The van der Waals surface area contributed by atoms with Crippen LogP contribution in [0.2, 0.25) is 0 Å². The van der Waals surface area contributed by atoms with Crippen LogP contribution < -0.4 is 10.6 Å². The van der Waals surface area contributed by atoms with Gasteiger partial charge >= 0.3 is 0 Å². The lowest BCUT2D eigenvalue weighted by Gasteiger charge is -2.29. The predicted molar refractivity (Wildman–Crippen MR) is 76.8 cm³/mol. The molecule has 0 aromatic carbocycles. The van der Waals surface area contributed by atoms with Crippen molar-refractivity contribution in [3.05, 3.63) is 0 Å². The summed E-state index contributed by atoms with van der Waals surface area (Å²) in [5.41, 5.74) is 0. The molecule has 1 saturated carbocycles. The second-order valence-corrected chi connectivity index (χ2v) is 5.62. The molecule has 1 aliphatic rings. The number of hydrogen-bond acceptors (Lipinski definition) is 2. The van der Waals surface area contributed by atoms with Gasteiger partial charge in [0.25, 0.3) is 0 Å². The number of nitrogens with zero attached hydrogens (tertiary/aromatic N) is 1. The van der Waals surface area contributed by atoms with Gasteiger partial charge in [-0.15, -0.1) is 0 Å². The molecule has 0 amide bonds. The van der Waals surface area contributed by atoms with Crippen molar-refractivity contribution in [1.29, 1.82) is 0 Å². The van der Waals surface area contributed by atoms with Crippen LogP contribution in [0.15, 0.2) is 4.99 Å².